The third-order valence-electron chi connectivity index (χ3n) is 2.52. The molecule has 0 atom stereocenters. The van der Waals surface area contributed by atoms with Gasteiger partial charge in [0, 0.05) is 11.6 Å². The number of nitrogens with one attached hydrogen (secondary N) is 2. The van der Waals surface area contributed by atoms with E-state index in [1.54, 1.807) is 13.0 Å². The minimum absolute atomic E-state index is 0.242. The molecule has 0 saturated heterocycles. The maximum atomic E-state index is 11.9. The van der Waals surface area contributed by atoms with E-state index in [-0.39, 0.29) is 6.61 Å². The van der Waals surface area contributed by atoms with Gasteiger partial charge in [-0.3, -0.25) is 14.6 Å². The van der Waals surface area contributed by atoms with Crippen molar-refractivity contribution in [2.24, 2.45) is 0 Å². The molecule has 0 aliphatic carbocycles. The summed E-state index contributed by atoms with van der Waals surface area (Å²) in [6.07, 6.45) is 1.21. The number of ether oxygens (including phenoxy) is 1. The highest BCUT2D eigenvalue weighted by molar-refractivity contribution is 7.21. The highest BCUT2D eigenvalue weighted by Gasteiger charge is 2.15. The molecule has 2 N–H and O–H groups in total. The van der Waals surface area contributed by atoms with E-state index in [1.807, 2.05) is 16.0 Å². The molecule has 104 valence electrons. The molecule has 3 aromatic rings. The fourth-order valence-electron chi connectivity index (χ4n) is 1.70. The SMILES string of the molecule is CCOC(=O)NNC(=O)c1cc2c(nc3sccn32)s1. The Morgan fingerprint density at radius 3 is 3.10 bits per heavy atom. The average molecular weight is 310 g/mol. The second-order valence-electron chi connectivity index (χ2n) is 3.77. The van der Waals surface area contributed by atoms with Crippen LogP contribution in [0.1, 0.15) is 16.6 Å². The zero-order valence-corrected chi connectivity index (χ0v) is 12.0. The molecule has 20 heavy (non-hydrogen) atoms. The quantitative estimate of drug-likeness (QED) is 0.709. The highest BCUT2D eigenvalue weighted by atomic mass is 32.1. The molecule has 3 aromatic heterocycles. The number of rotatable bonds is 2. The Labute approximate surface area is 121 Å². The van der Waals surface area contributed by atoms with Gasteiger partial charge >= 0.3 is 6.09 Å². The number of amides is 2. The normalized spacial score (nSPS) is 10.8. The Kier molecular flexibility index (Phi) is 3.28. The molecule has 0 radical (unpaired) electrons. The lowest BCUT2D eigenvalue weighted by atomic mass is 10.4. The third kappa shape index (κ3) is 2.21. The van der Waals surface area contributed by atoms with Gasteiger partial charge in [-0.05, 0) is 13.0 Å². The Balaban J connectivity index is 1.77. The van der Waals surface area contributed by atoms with Crippen molar-refractivity contribution in [2.45, 2.75) is 6.92 Å². The van der Waals surface area contributed by atoms with Crippen molar-refractivity contribution in [1.82, 2.24) is 20.2 Å². The van der Waals surface area contributed by atoms with Crippen LogP contribution in [-0.2, 0) is 4.74 Å². The summed E-state index contributed by atoms with van der Waals surface area (Å²) < 4.78 is 6.57. The van der Waals surface area contributed by atoms with E-state index < -0.39 is 12.0 Å². The zero-order valence-electron chi connectivity index (χ0n) is 10.4. The van der Waals surface area contributed by atoms with Crippen LogP contribution in [0, 0.1) is 0 Å². The molecule has 3 heterocycles. The van der Waals surface area contributed by atoms with Crippen molar-refractivity contribution in [3.63, 3.8) is 0 Å². The lowest BCUT2D eigenvalue weighted by molar-refractivity contribution is 0.0916. The van der Waals surface area contributed by atoms with E-state index in [1.165, 1.54) is 22.7 Å². The number of aromatic nitrogens is 2. The highest BCUT2D eigenvalue weighted by Crippen LogP contribution is 2.27. The van der Waals surface area contributed by atoms with Crippen LogP contribution in [0.15, 0.2) is 17.6 Å². The van der Waals surface area contributed by atoms with Crippen molar-refractivity contribution in [3.8, 4) is 0 Å². The predicted octanol–water partition coefficient (Wildman–Crippen LogP) is 2.00. The summed E-state index contributed by atoms with van der Waals surface area (Å²) in [4.78, 5) is 29.5. The number of hydrogen-bond donors (Lipinski definition) is 2. The Hall–Kier alpha value is -2.13. The first-order valence-electron chi connectivity index (χ1n) is 5.77. The van der Waals surface area contributed by atoms with Gasteiger partial charge in [0.1, 0.15) is 4.83 Å². The molecule has 0 bridgehead atoms. The Bertz CT molecular complexity index is 788. The number of carbonyl (C=O) groups excluding carboxylic acids is 2. The van der Waals surface area contributed by atoms with Crippen molar-refractivity contribution >= 4 is 50.0 Å². The van der Waals surface area contributed by atoms with E-state index >= 15 is 0 Å². The first-order chi connectivity index (χ1) is 9.69. The average Bonchev–Trinajstić information content (AvgIpc) is 3.07. The molecule has 7 nitrogen and oxygen atoms in total. The third-order valence-corrected chi connectivity index (χ3v) is 4.29. The van der Waals surface area contributed by atoms with Crippen molar-refractivity contribution < 1.29 is 14.3 Å². The van der Waals surface area contributed by atoms with E-state index in [4.69, 9.17) is 0 Å². The van der Waals surface area contributed by atoms with E-state index in [9.17, 15) is 9.59 Å². The van der Waals surface area contributed by atoms with Gasteiger partial charge in [0.05, 0.1) is 17.0 Å². The van der Waals surface area contributed by atoms with Gasteiger partial charge < -0.3 is 4.74 Å². The van der Waals surface area contributed by atoms with E-state index in [2.05, 4.69) is 20.6 Å². The lowest BCUT2D eigenvalue weighted by Crippen LogP contribution is -2.41. The molecule has 9 heteroatoms. The standard InChI is InChI=1S/C11H10N4O3S2/c1-2-18-11(17)14-13-8(16)7-5-6-9(20-7)12-10-15(6)3-4-19-10/h3-5H,2H2,1H3,(H,13,16)(H,14,17). The van der Waals surface area contributed by atoms with E-state index in [0.717, 1.165) is 15.3 Å². The number of thiophene rings is 1. The molecule has 0 aliphatic rings. The number of fused-ring (bicyclic) bond motifs is 3. The summed E-state index contributed by atoms with van der Waals surface area (Å²) in [6.45, 7) is 1.92. The van der Waals surface area contributed by atoms with Gasteiger partial charge in [-0.1, -0.05) is 0 Å². The predicted molar refractivity (Wildman–Crippen MR) is 76.1 cm³/mol. The fraction of sp³-hybridized carbons (Fsp3) is 0.182. The number of hydrazine groups is 1. The number of thiazole rings is 1. The maximum absolute atomic E-state index is 11.9. The van der Waals surface area contributed by atoms with Crippen LogP contribution in [0.2, 0.25) is 0 Å². The van der Waals surface area contributed by atoms with Crippen molar-refractivity contribution in [1.29, 1.82) is 0 Å². The number of hydrogen-bond acceptors (Lipinski definition) is 6. The summed E-state index contributed by atoms with van der Waals surface area (Å²) in [5.74, 6) is -0.398. The molecule has 0 saturated carbocycles. The summed E-state index contributed by atoms with van der Waals surface area (Å²) in [5.41, 5.74) is 5.34. The molecule has 3 rings (SSSR count). The van der Waals surface area contributed by atoms with Crippen LogP contribution in [0.25, 0.3) is 15.3 Å². The van der Waals surface area contributed by atoms with Crippen molar-refractivity contribution in [3.05, 3.63) is 22.5 Å². The van der Waals surface area contributed by atoms with Crippen LogP contribution >= 0.6 is 22.7 Å². The second-order valence-corrected chi connectivity index (χ2v) is 5.67. The number of nitrogens with zero attached hydrogens (tertiary/aromatic N) is 2. The molecule has 0 unspecified atom stereocenters. The fourth-order valence-corrected chi connectivity index (χ4v) is 3.39. The van der Waals surface area contributed by atoms with Crippen LogP contribution < -0.4 is 10.9 Å². The molecule has 2 amide bonds. The summed E-state index contributed by atoms with van der Waals surface area (Å²) in [5, 5.41) is 1.93. The van der Waals surface area contributed by atoms with Gasteiger partial charge in [-0.25, -0.2) is 15.2 Å². The van der Waals surface area contributed by atoms with Gasteiger partial charge in [0.25, 0.3) is 5.91 Å². The monoisotopic (exact) mass is 310 g/mol. The van der Waals surface area contributed by atoms with Gasteiger partial charge in [-0.2, -0.15) is 0 Å². The molecular weight excluding hydrogens is 300 g/mol. The van der Waals surface area contributed by atoms with E-state index in [0.29, 0.717) is 4.88 Å². The summed E-state index contributed by atoms with van der Waals surface area (Å²) in [7, 11) is 0. The smallest absolute Gasteiger partial charge is 0.426 e. The largest absolute Gasteiger partial charge is 0.449 e. The first kappa shape index (κ1) is 12.9. The molecule has 0 fully saturated rings. The zero-order chi connectivity index (χ0) is 14.1. The minimum Gasteiger partial charge on any atom is -0.449 e. The summed E-state index contributed by atoms with van der Waals surface area (Å²) in [6, 6.07) is 1.74. The lowest BCUT2D eigenvalue weighted by Gasteiger charge is -2.05. The molecule has 0 aromatic carbocycles. The molecular formula is C11H10N4O3S2. The molecule has 0 spiro atoms. The van der Waals surface area contributed by atoms with Gasteiger partial charge in [-0.15, -0.1) is 22.7 Å². The van der Waals surface area contributed by atoms with Crippen LogP contribution in [-0.4, -0.2) is 28.0 Å². The van der Waals surface area contributed by atoms with Crippen LogP contribution in [0.5, 0.6) is 0 Å². The second kappa shape index (κ2) is 5.10. The Morgan fingerprint density at radius 2 is 2.30 bits per heavy atom. The maximum Gasteiger partial charge on any atom is 0.426 e. The summed E-state index contributed by atoms with van der Waals surface area (Å²) >= 11 is 2.81. The van der Waals surface area contributed by atoms with Crippen LogP contribution in [0.3, 0.4) is 0 Å². The number of carbonyl (C=O) groups is 2. The van der Waals surface area contributed by atoms with Crippen LogP contribution in [0.4, 0.5) is 4.79 Å². The minimum atomic E-state index is -0.691. The molecule has 0 aliphatic heterocycles. The Morgan fingerprint density at radius 1 is 1.45 bits per heavy atom. The first-order valence-corrected chi connectivity index (χ1v) is 7.47. The topological polar surface area (TPSA) is 84.7 Å². The number of imidazole rings is 1. The van der Waals surface area contributed by atoms with Crippen molar-refractivity contribution in [2.75, 3.05) is 6.61 Å². The van der Waals surface area contributed by atoms with Gasteiger partial charge in [0.2, 0.25) is 0 Å². The van der Waals surface area contributed by atoms with Gasteiger partial charge in [0.15, 0.2) is 4.96 Å².